The van der Waals surface area contributed by atoms with Crippen molar-refractivity contribution in [2.24, 2.45) is 0 Å². The van der Waals surface area contributed by atoms with Crippen molar-refractivity contribution in [1.29, 1.82) is 0 Å². The van der Waals surface area contributed by atoms with Gasteiger partial charge in [-0.2, -0.15) is 0 Å². The van der Waals surface area contributed by atoms with E-state index in [9.17, 15) is 0 Å². The number of para-hydroxylation sites is 2. The van der Waals surface area contributed by atoms with Gasteiger partial charge in [-0.25, -0.2) is 4.98 Å². The van der Waals surface area contributed by atoms with E-state index in [0.29, 0.717) is 0 Å². The van der Waals surface area contributed by atoms with Gasteiger partial charge in [0, 0.05) is 12.1 Å². The molecule has 0 saturated heterocycles. The molecule has 0 bridgehead atoms. The smallest absolute Gasteiger partial charge is 0.114 e. The van der Waals surface area contributed by atoms with Crippen molar-refractivity contribution in [3.8, 4) is 39.1 Å². The molecule has 9 aromatic rings. The SMILES string of the molecule is CCCc1nc2ccccc2n1-c1cccc(-c2ccc3cc4c(cc3c2)C2(c3ccccc3-c3ccccc32)c2cc3ccccc3cc2-4)c1. The minimum Gasteiger partial charge on any atom is -0.296 e. The average Bonchev–Trinajstić information content (AvgIpc) is 3.79. The predicted molar refractivity (Wildman–Crippen MR) is 212 cm³/mol. The van der Waals surface area contributed by atoms with E-state index < -0.39 is 0 Å². The lowest BCUT2D eigenvalue weighted by Gasteiger charge is -2.30. The fourth-order valence-electron chi connectivity index (χ4n) is 9.32. The van der Waals surface area contributed by atoms with E-state index in [1.54, 1.807) is 0 Å². The van der Waals surface area contributed by atoms with Crippen LogP contribution >= 0.6 is 0 Å². The first-order chi connectivity index (χ1) is 25.2. The molecular weight excluding hydrogens is 617 g/mol. The Kier molecular flexibility index (Phi) is 5.95. The van der Waals surface area contributed by atoms with E-state index in [-0.39, 0.29) is 5.41 Å². The number of rotatable bonds is 4. The molecule has 1 spiro atoms. The molecule has 0 radical (unpaired) electrons. The second kappa shape index (κ2) is 10.6. The molecule has 2 heteroatoms. The molecule has 2 aliphatic rings. The molecule has 0 unspecified atom stereocenters. The highest BCUT2D eigenvalue weighted by Crippen LogP contribution is 2.63. The molecule has 0 saturated carbocycles. The summed E-state index contributed by atoms with van der Waals surface area (Å²) in [5.41, 5.74) is 16.2. The highest BCUT2D eigenvalue weighted by Gasteiger charge is 2.51. The highest BCUT2D eigenvalue weighted by atomic mass is 15.1. The summed E-state index contributed by atoms with van der Waals surface area (Å²) >= 11 is 0. The van der Waals surface area contributed by atoms with Crippen LogP contribution < -0.4 is 0 Å². The standard InChI is InChI=1S/C49H34N2/c1-2-12-48-50-46-21-9-10-22-47(46)51(48)37-16-11-15-31(26-37)34-23-24-35-28-41-40-27-32-13-3-4-14-33(32)29-44(40)49(45(41)30-36(35)25-34)42-19-7-5-17-38(42)39-18-6-8-20-43(39)49/h3-11,13-30H,2,12H2,1H3. The van der Waals surface area contributed by atoms with Crippen molar-refractivity contribution in [2.75, 3.05) is 0 Å². The monoisotopic (exact) mass is 650 g/mol. The van der Waals surface area contributed by atoms with E-state index >= 15 is 0 Å². The van der Waals surface area contributed by atoms with Crippen molar-refractivity contribution < 1.29 is 0 Å². The molecule has 8 aromatic carbocycles. The summed E-state index contributed by atoms with van der Waals surface area (Å²) in [6.45, 7) is 2.22. The van der Waals surface area contributed by atoms with Gasteiger partial charge >= 0.3 is 0 Å². The summed E-state index contributed by atoms with van der Waals surface area (Å²) in [6.07, 6.45) is 1.99. The van der Waals surface area contributed by atoms with Gasteiger partial charge in [-0.05, 0) is 138 Å². The maximum Gasteiger partial charge on any atom is 0.114 e. The molecule has 2 aliphatic carbocycles. The van der Waals surface area contributed by atoms with E-state index in [2.05, 4.69) is 175 Å². The summed E-state index contributed by atoms with van der Waals surface area (Å²) in [6, 6.07) is 61.3. The molecule has 1 aromatic heterocycles. The van der Waals surface area contributed by atoms with Gasteiger partial charge in [0.05, 0.1) is 16.4 Å². The quantitative estimate of drug-likeness (QED) is 0.185. The number of nitrogens with zero attached hydrogens (tertiary/aromatic N) is 2. The van der Waals surface area contributed by atoms with Crippen molar-refractivity contribution >= 4 is 32.6 Å². The van der Waals surface area contributed by atoms with Crippen LogP contribution in [0.1, 0.15) is 41.4 Å². The largest absolute Gasteiger partial charge is 0.296 e. The predicted octanol–water partition coefficient (Wildman–Crippen LogP) is 12.3. The van der Waals surface area contributed by atoms with Crippen LogP contribution in [0, 0.1) is 0 Å². The Hall–Kier alpha value is -6.25. The number of aromatic nitrogens is 2. The normalized spacial score (nSPS) is 13.5. The van der Waals surface area contributed by atoms with Crippen molar-refractivity contribution in [3.05, 3.63) is 192 Å². The van der Waals surface area contributed by atoms with Crippen LogP contribution in [-0.2, 0) is 11.8 Å². The summed E-state index contributed by atoms with van der Waals surface area (Å²) in [5.74, 6) is 1.11. The molecule has 0 atom stereocenters. The Balaban J connectivity index is 1.14. The number of imidazole rings is 1. The molecule has 1 heterocycles. The van der Waals surface area contributed by atoms with Crippen molar-refractivity contribution in [2.45, 2.75) is 25.2 Å². The van der Waals surface area contributed by atoms with Gasteiger partial charge in [0.1, 0.15) is 5.82 Å². The maximum absolute atomic E-state index is 5.02. The Morgan fingerprint density at radius 2 is 1.08 bits per heavy atom. The van der Waals surface area contributed by atoms with Crippen LogP contribution in [0.2, 0.25) is 0 Å². The van der Waals surface area contributed by atoms with Gasteiger partial charge in [-0.1, -0.05) is 116 Å². The van der Waals surface area contributed by atoms with Gasteiger partial charge in [0.2, 0.25) is 0 Å². The maximum atomic E-state index is 5.02. The fraction of sp³-hybridized carbons (Fsp3) is 0.0816. The zero-order valence-electron chi connectivity index (χ0n) is 28.4. The van der Waals surface area contributed by atoms with Crippen LogP contribution in [0.15, 0.2) is 164 Å². The summed E-state index contributed by atoms with van der Waals surface area (Å²) in [5, 5.41) is 5.08. The van der Waals surface area contributed by atoms with Gasteiger partial charge < -0.3 is 0 Å². The van der Waals surface area contributed by atoms with Gasteiger partial charge in [-0.15, -0.1) is 0 Å². The van der Waals surface area contributed by atoms with Gasteiger partial charge in [0.15, 0.2) is 0 Å². The average molecular weight is 651 g/mol. The third-order valence-electron chi connectivity index (χ3n) is 11.5. The Morgan fingerprint density at radius 1 is 0.471 bits per heavy atom. The molecule has 2 nitrogen and oxygen atoms in total. The lowest BCUT2D eigenvalue weighted by atomic mass is 9.70. The van der Waals surface area contributed by atoms with E-state index in [4.69, 9.17) is 4.98 Å². The second-order valence-electron chi connectivity index (χ2n) is 14.2. The lowest BCUT2D eigenvalue weighted by molar-refractivity contribution is 0.796. The van der Waals surface area contributed by atoms with Gasteiger partial charge in [0.25, 0.3) is 0 Å². The zero-order valence-corrected chi connectivity index (χ0v) is 28.4. The number of fused-ring (bicyclic) bond motifs is 13. The van der Waals surface area contributed by atoms with Gasteiger partial charge in [-0.3, -0.25) is 4.57 Å². The lowest BCUT2D eigenvalue weighted by Crippen LogP contribution is -2.25. The first-order valence-corrected chi connectivity index (χ1v) is 18.1. The highest BCUT2D eigenvalue weighted by molar-refractivity contribution is 6.03. The van der Waals surface area contributed by atoms with Crippen molar-refractivity contribution in [1.82, 2.24) is 9.55 Å². The molecule has 0 amide bonds. The third-order valence-corrected chi connectivity index (χ3v) is 11.5. The Labute approximate surface area is 297 Å². The second-order valence-corrected chi connectivity index (χ2v) is 14.2. The number of hydrogen-bond acceptors (Lipinski definition) is 1. The minimum atomic E-state index is -0.385. The molecule has 51 heavy (non-hydrogen) atoms. The molecule has 0 fully saturated rings. The molecular formula is C49H34N2. The van der Waals surface area contributed by atoms with Crippen molar-refractivity contribution in [3.63, 3.8) is 0 Å². The van der Waals surface area contributed by atoms with Crippen LogP contribution in [0.3, 0.4) is 0 Å². The number of benzene rings is 8. The summed E-state index contributed by atoms with van der Waals surface area (Å²) in [4.78, 5) is 5.02. The van der Waals surface area contributed by atoms with E-state index in [1.165, 1.54) is 77.2 Å². The summed E-state index contributed by atoms with van der Waals surface area (Å²) in [7, 11) is 0. The molecule has 240 valence electrons. The van der Waals surface area contributed by atoms with Crippen LogP contribution in [0.5, 0.6) is 0 Å². The Morgan fingerprint density at radius 3 is 1.82 bits per heavy atom. The van der Waals surface area contributed by atoms with E-state index in [1.807, 2.05) is 0 Å². The molecule has 0 aliphatic heterocycles. The first-order valence-electron chi connectivity index (χ1n) is 18.1. The van der Waals surface area contributed by atoms with Crippen LogP contribution in [0.25, 0.3) is 71.6 Å². The third kappa shape index (κ3) is 3.90. The van der Waals surface area contributed by atoms with Crippen LogP contribution in [-0.4, -0.2) is 9.55 Å². The minimum absolute atomic E-state index is 0.385. The van der Waals surface area contributed by atoms with E-state index in [0.717, 1.165) is 35.4 Å². The fourth-order valence-corrected chi connectivity index (χ4v) is 9.32. The number of hydrogen-bond donors (Lipinski definition) is 0. The molecule has 0 N–H and O–H groups in total. The van der Waals surface area contributed by atoms with Crippen LogP contribution in [0.4, 0.5) is 0 Å². The Bertz CT molecular complexity index is 2840. The first kappa shape index (κ1) is 28.6. The summed E-state index contributed by atoms with van der Waals surface area (Å²) < 4.78 is 2.34. The molecule has 11 rings (SSSR count). The zero-order chi connectivity index (χ0) is 33.7. The number of aryl methyl sites for hydroxylation is 1. The topological polar surface area (TPSA) is 17.8 Å².